The van der Waals surface area contributed by atoms with Gasteiger partial charge in [0.15, 0.2) is 0 Å². The predicted octanol–water partition coefficient (Wildman–Crippen LogP) is 3.60. The largest absolute Gasteiger partial charge is 0.374 e. The van der Waals surface area contributed by atoms with Crippen LogP contribution in [0, 0.1) is 6.92 Å². The number of hydrogen-bond acceptors (Lipinski definition) is 2. The molecule has 0 aliphatic rings. The summed E-state index contributed by atoms with van der Waals surface area (Å²) in [7, 11) is 2.19. The van der Waals surface area contributed by atoms with Crippen LogP contribution in [-0.2, 0) is 0 Å². The molecule has 0 bridgehead atoms. The summed E-state index contributed by atoms with van der Waals surface area (Å²) in [5, 5.41) is 3.46. The maximum atomic E-state index is 3.46. The van der Waals surface area contributed by atoms with Crippen molar-refractivity contribution in [2.45, 2.75) is 46.1 Å². The van der Waals surface area contributed by atoms with Gasteiger partial charge in [-0.3, -0.25) is 0 Å². The second-order valence-electron chi connectivity index (χ2n) is 5.38. The molecule has 0 amide bonds. The van der Waals surface area contributed by atoms with Crippen molar-refractivity contribution in [1.82, 2.24) is 5.32 Å². The summed E-state index contributed by atoms with van der Waals surface area (Å²) in [6.07, 6.45) is 3.85. The lowest BCUT2D eigenvalue weighted by molar-refractivity contribution is 0.548. The SMILES string of the molecule is Cc1ccccc1N(C)CCCCCNC(C)C. The van der Waals surface area contributed by atoms with Crippen LogP contribution < -0.4 is 10.2 Å². The van der Waals surface area contributed by atoms with Crippen molar-refractivity contribution in [3.05, 3.63) is 29.8 Å². The lowest BCUT2D eigenvalue weighted by atomic mass is 10.1. The molecule has 0 saturated carbocycles. The number of rotatable bonds is 8. The van der Waals surface area contributed by atoms with Crippen LogP contribution in [0.1, 0.15) is 38.7 Å². The Bertz CT molecular complexity index is 334. The molecule has 0 atom stereocenters. The number of nitrogens with one attached hydrogen (secondary N) is 1. The van der Waals surface area contributed by atoms with Crippen molar-refractivity contribution >= 4 is 5.69 Å². The first-order valence-corrected chi connectivity index (χ1v) is 7.11. The van der Waals surface area contributed by atoms with Crippen molar-refractivity contribution in [2.24, 2.45) is 0 Å². The predicted molar refractivity (Wildman–Crippen MR) is 81.4 cm³/mol. The minimum atomic E-state index is 0.611. The van der Waals surface area contributed by atoms with E-state index in [0.717, 1.165) is 13.1 Å². The first-order valence-electron chi connectivity index (χ1n) is 7.11. The Labute approximate surface area is 112 Å². The topological polar surface area (TPSA) is 15.3 Å². The average Bonchev–Trinajstić information content (AvgIpc) is 2.33. The van der Waals surface area contributed by atoms with Crippen LogP contribution in [-0.4, -0.2) is 26.2 Å². The number of nitrogens with zero attached hydrogens (tertiary/aromatic N) is 1. The molecule has 0 radical (unpaired) electrons. The van der Waals surface area contributed by atoms with Crippen LogP contribution in [0.25, 0.3) is 0 Å². The Morgan fingerprint density at radius 3 is 2.50 bits per heavy atom. The van der Waals surface area contributed by atoms with Gasteiger partial charge in [-0.25, -0.2) is 0 Å². The molecule has 0 aromatic heterocycles. The molecule has 2 nitrogen and oxygen atoms in total. The average molecular weight is 248 g/mol. The standard InChI is InChI=1S/C16H28N2/c1-14(2)17-12-8-5-9-13-18(4)16-11-7-6-10-15(16)3/h6-7,10-11,14,17H,5,8-9,12-13H2,1-4H3. The number of unbranched alkanes of at least 4 members (excludes halogenated alkanes) is 2. The van der Waals surface area contributed by atoms with Gasteiger partial charge in [0.1, 0.15) is 0 Å². The molecule has 1 aromatic carbocycles. The van der Waals surface area contributed by atoms with Crippen molar-refractivity contribution in [1.29, 1.82) is 0 Å². The molecule has 0 spiro atoms. The maximum Gasteiger partial charge on any atom is 0.0393 e. The van der Waals surface area contributed by atoms with Gasteiger partial charge in [-0.1, -0.05) is 38.5 Å². The number of para-hydroxylation sites is 1. The van der Waals surface area contributed by atoms with Crippen LogP contribution in [0.5, 0.6) is 0 Å². The minimum Gasteiger partial charge on any atom is -0.374 e. The number of benzene rings is 1. The molecule has 18 heavy (non-hydrogen) atoms. The van der Waals surface area contributed by atoms with Gasteiger partial charge in [-0.15, -0.1) is 0 Å². The van der Waals surface area contributed by atoms with E-state index in [0.29, 0.717) is 6.04 Å². The van der Waals surface area contributed by atoms with Gasteiger partial charge < -0.3 is 10.2 Å². The van der Waals surface area contributed by atoms with Crippen molar-refractivity contribution in [3.63, 3.8) is 0 Å². The highest BCUT2D eigenvalue weighted by molar-refractivity contribution is 5.52. The summed E-state index contributed by atoms with van der Waals surface area (Å²) in [4.78, 5) is 2.37. The van der Waals surface area contributed by atoms with E-state index in [4.69, 9.17) is 0 Å². The quantitative estimate of drug-likeness (QED) is 0.707. The van der Waals surface area contributed by atoms with Crippen LogP contribution in [0.2, 0.25) is 0 Å². The van der Waals surface area contributed by atoms with Crippen molar-refractivity contribution in [3.8, 4) is 0 Å². The molecular formula is C16H28N2. The molecule has 102 valence electrons. The van der Waals surface area contributed by atoms with E-state index in [9.17, 15) is 0 Å². The fourth-order valence-electron chi connectivity index (χ4n) is 2.15. The Morgan fingerprint density at radius 2 is 1.83 bits per heavy atom. The van der Waals surface area contributed by atoms with Crippen LogP contribution in [0.3, 0.4) is 0 Å². The third kappa shape index (κ3) is 5.54. The van der Waals surface area contributed by atoms with Gasteiger partial charge in [0.2, 0.25) is 0 Å². The highest BCUT2D eigenvalue weighted by Gasteiger charge is 2.02. The summed E-state index contributed by atoms with van der Waals surface area (Å²) in [6.45, 7) is 8.87. The molecule has 0 saturated heterocycles. The van der Waals surface area contributed by atoms with E-state index in [-0.39, 0.29) is 0 Å². The molecular weight excluding hydrogens is 220 g/mol. The van der Waals surface area contributed by atoms with Gasteiger partial charge >= 0.3 is 0 Å². The van der Waals surface area contributed by atoms with Gasteiger partial charge in [0.05, 0.1) is 0 Å². The fourth-order valence-corrected chi connectivity index (χ4v) is 2.15. The smallest absolute Gasteiger partial charge is 0.0393 e. The third-order valence-corrected chi connectivity index (χ3v) is 3.25. The summed E-state index contributed by atoms with van der Waals surface area (Å²) in [5.74, 6) is 0. The zero-order chi connectivity index (χ0) is 13.4. The van der Waals surface area contributed by atoms with Crippen LogP contribution in [0.15, 0.2) is 24.3 Å². The van der Waals surface area contributed by atoms with Crippen molar-refractivity contribution < 1.29 is 0 Å². The number of anilines is 1. The van der Waals surface area contributed by atoms with E-state index in [1.165, 1.54) is 30.5 Å². The zero-order valence-corrected chi connectivity index (χ0v) is 12.4. The van der Waals surface area contributed by atoms with Crippen LogP contribution >= 0.6 is 0 Å². The van der Waals surface area contributed by atoms with E-state index in [2.05, 4.69) is 62.3 Å². The number of hydrogen-bond donors (Lipinski definition) is 1. The number of aryl methyl sites for hydroxylation is 1. The fraction of sp³-hybridized carbons (Fsp3) is 0.625. The molecule has 1 aromatic rings. The van der Waals surface area contributed by atoms with E-state index >= 15 is 0 Å². The molecule has 0 aliphatic heterocycles. The second-order valence-corrected chi connectivity index (χ2v) is 5.38. The Morgan fingerprint density at radius 1 is 1.11 bits per heavy atom. The lowest BCUT2D eigenvalue weighted by Gasteiger charge is -2.21. The van der Waals surface area contributed by atoms with E-state index in [1.54, 1.807) is 0 Å². The Kier molecular flexibility index (Phi) is 6.81. The van der Waals surface area contributed by atoms with E-state index < -0.39 is 0 Å². The first kappa shape index (κ1) is 15.0. The molecule has 1 N–H and O–H groups in total. The molecule has 2 heteroatoms. The van der Waals surface area contributed by atoms with Gasteiger partial charge in [-0.2, -0.15) is 0 Å². The monoisotopic (exact) mass is 248 g/mol. The second kappa shape index (κ2) is 8.15. The highest BCUT2D eigenvalue weighted by Crippen LogP contribution is 2.18. The van der Waals surface area contributed by atoms with Gasteiger partial charge in [0.25, 0.3) is 0 Å². The Hall–Kier alpha value is -1.02. The first-order chi connectivity index (χ1) is 8.61. The van der Waals surface area contributed by atoms with Gasteiger partial charge in [0, 0.05) is 25.3 Å². The molecule has 0 fully saturated rings. The Balaban J connectivity index is 2.18. The highest BCUT2D eigenvalue weighted by atomic mass is 15.1. The summed E-state index contributed by atoms with van der Waals surface area (Å²) < 4.78 is 0. The lowest BCUT2D eigenvalue weighted by Crippen LogP contribution is -2.24. The molecule has 0 unspecified atom stereocenters. The normalized spacial score (nSPS) is 10.9. The summed E-state index contributed by atoms with van der Waals surface area (Å²) in [5.41, 5.74) is 2.72. The molecule has 0 heterocycles. The van der Waals surface area contributed by atoms with Crippen molar-refractivity contribution in [2.75, 3.05) is 25.0 Å². The molecule has 0 aliphatic carbocycles. The summed E-state index contributed by atoms with van der Waals surface area (Å²) in [6, 6.07) is 9.21. The van der Waals surface area contributed by atoms with Crippen LogP contribution in [0.4, 0.5) is 5.69 Å². The minimum absolute atomic E-state index is 0.611. The zero-order valence-electron chi connectivity index (χ0n) is 12.4. The molecule has 1 rings (SSSR count). The van der Waals surface area contributed by atoms with E-state index in [1.807, 2.05) is 0 Å². The summed E-state index contributed by atoms with van der Waals surface area (Å²) >= 11 is 0. The van der Waals surface area contributed by atoms with Gasteiger partial charge in [-0.05, 0) is 37.9 Å². The third-order valence-electron chi connectivity index (χ3n) is 3.25. The maximum absolute atomic E-state index is 3.46.